The monoisotopic (exact) mass is 320 g/mol. The number of benzene rings is 1. The highest BCUT2D eigenvalue weighted by Crippen LogP contribution is 2.30. The number of nitrogens with one attached hydrogen (secondary N) is 1. The average Bonchev–Trinajstić information content (AvgIpc) is 3.11. The van der Waals surface area contributed by atoms with Crippen LogP contribution in [0, 0.1) is 0 Å². The van der Waals surface area contributed by atoms with Gasteiger partial charge in [-0.3, -0.25) is 9.59 Å². The van der Waals surface area contributed by atoms with E-state index >= 15 is 0 Å². The Kier molecular flexibility index (Phi) is 4.14. The number of hydrogen-bond donors (Lipinski definition) is 2. The molecule has 2 N–H and O–H groups in total. The van der Waals surface area contributed by atoms with Gasteiger partial charge >= 0.3 is 0 Å². The second-order valence-electron chi connectivity index (χ2n) is 6.05. The van der Waals surface area contributed by atoms with E-state index in [1.165, 1.54) is 18.1 Å². The molecule has 2 amide bonds. The molecule has 0 radical (unpaired) electrons. The molecule has 0 spiro atoms. The number of aliphatic hydroxyl groups is 1. The van der Waals surface area contributed by atoms with E-state index < -0.39 is 11.6 Å². The number of rotatable bonds is 3. The van der Waals surface area contributed by atoms with Gasteiger partial charge in [0.05, 0.1) is 18.0 Å². The number of thioether (sulfide) groups is 1. The molecule has 1 saturated heterocycles. The summed E-state index contributed by atoms with van der Waals surface area (Å²) in [7, 11) is 0. The predicted molar refractivity (Wildman–Crippen MR) is 85.4 cm³/mol. The van der Waals surface area contributed by atoms with E-state index in [-0.39, 0.29) is 18.4 Å². The van der Waals surface area contributed by atoms with Crippen LogP contribution in [0.4, 0.5) is 0 Å². The highest BCUT2D eigenvalue weighted by molar-refractivity contribution is 7.99. The molecule has 1 aromatic carbocycles. The SMILES string of the molecule is CC(=O)N1CSCC1C(=O)NC1(CO)Cc2ccccc2C1. The maximum absolute atomic E-state index is 12.6. The minimum absolute atomic E-state index is 0.0853. The fraction of sp³-hybridized carbons (Fsp3) is 0.500. The predicted octanol–water partition coefficient (Wildman–Crippen LogP) is 0.554. The molecular formula is C16H20N2O3S. The standard InChI is InChI=1S/C16H20N2O3S/c1-11(20)18-10-22-8-14(18)15(21)17-16(9-19)6-12-4-2-3-5-13(12)7-16/h2-5,14,19H,6-10H2,1H3,(H,17,21). The Morgan fingerprint density at radius 1 is 1.36 bits per heavy atom. The summed E-state index contributed by atoms with van der Waals surface area (Å²) >= 11 is 1.58. The molecule has 1 aliphatic heterocycles. The van der Waals surface area contributed by atoms with Crippen molar-refractivity contribution in [3.05, 3.63) is 35.4 Å². The van der Waals surface area contributed by atoms with Gasteiger partial charge in [0.2, 0.25) is 11.8 Å². The molecule has 0 bridgehead atoms. The molecule has 3 rings (SSSR count). The van der Waals surface area contributed by atoms with Crippen molar-refractivity contribution >= 4 is 23.6 Å². The lowest BCUT2D eigenvalue weighted by atomic mass is 9.96. The van der Waals surface area contributed by atoms with E-state index in [4.69, 9.17) is 0 Å². The average molecular weight is 320 g/mol. The normalized spacial score (nSPS) is 22.5. The van der Waals surface area contributed by atoms with Crippen molar-refractivity contribution in [1.82, 2.24) is 10.2 Å². The van der Waals surface area contributed by atoms with E-state index in [9.17, 15) is 14.7 Å². The maximum Gasteiger partial charge on any atom is 0.244 e. The van der Waals surface area contributed by atoms with Gasteiger partial charge in [0.15, 0.2) is 0 Å². The maximum atomic E-state index is 12.6. The zero-order chi connectivity index (χ0) is 15.7. The molecule has 1 fully saturated rings. The number of aliphatic hydroxyl groups excluding tert-OH is 1. The first kappa shape index (κ1) is 15.4. The minimum Gasteiger partial charge on any atom is -0.394 e. The van der Waals surface area contributed by atoms with E-state index in [1.807, 2.05) is 24.3 Å². The lowest BCUT2D eigenvalue weighted by molar-refractivity contribution is -0.137. The highest BCUT2D eigenvalue weighted by atomic mass is 32.2. The van der Waals surface area contributed by atoms with E-state index in [1.54, 1.807) is 16.7 Å². The van der Waals surface area contributed by atoms with Crippen molar-refractivity contribution in [2.24, 2.45) is 0 Å². The van der Waals surface area contributed by atoms with E-state index in [0.29, 0.717) is 24.5 Å². The van der Waals surface area contributed by atoms with Gasteiger partial charge in [-0.25, -0.2) is 0 Å². The molecule has 5 nitrogen and oxygen atoms in total. The van der Waals surface area contributed by atoms with Crippen molar-refractivity contribution in [3.8, 4) is 0 Å². The molecular weight excluding hydrogens is 300 g/mol. The molecule has 1 heterocycles. The van der Waals surface area contributed by atoms with Crippen LogP contribution >= 0.6 is 11.8 Å². The number of hydrogen-bond acceptors (Lipinski definition) is 4. The molecule has 118 valence electrons. The van der Waals surface area contributed by atoms with Crippen molar-refractivity contribution in [2.45, 2.75) is 31.3 Å². The van der Waals surface area contributed by atoms with Gasteiger partial charge in [-0.05, 0) is 24.0 Å². The molecule has 1 aliphatic carbocycles. The lowest BCUT2D eigenvalue weighted by Crippen LogP contribution is -2.58. The van der Waals surface area contributed by atoms with E-state index in [2.05, 4.69) is 5.32 Å². The van der Waals surface area contributed by atoms with Crippen molar-refractivity contribution in [3.63, 3.8) is 0 Å². The van der Waals surface area contributed by atoms with Gasteiger partial charge in [-0.1, -0.05) is 24.3 Å². The van der Waals surface area contributed by atoms with E-state index in [0.717, 1.165) is 0 Å². The van der Waals surface area contributed by atoms with Crippen LogP contribution in [0.25, 0.3) is 0 Å². The van der Waals surface area contributed by atoms with Crippen LogP contribution in [0.5, 0.6) is 0 Å². The van der Waals surface area contributed by atoms with Crippen LogP contribution in [0.15, 0.2) is 24.3 Å². The van der Waals surface area contributed by atoms with Crippen LogP contribution in [-0.2, 0) is 22.4 Å². The first-order valence-corrected chi connectivity index (χ1v) is 8.55. The van der Waals surface area contributed by atoms with Crippen LogP contribution < -0.4 is 5.32 Å². The quantitative estimate of drug-likeness (QED) is 0.853. The number of amides is 2. The summed E-state index contributed by atoms with van der Waals surface area (Å²) in [6.45, 7) is 1.38. The zero-order valence-electron chi connectivity index (χ0n) is 12.5. The topological polar surface area (TPSA) is 69.6 Å². The summed E-state index contributed by atoms with van der Waals surface area (Å²) in [5.74, 6) is 0.916. The van der Waals surface area contributed by atoms with Crippen molar-refractivity contribution < 1.29 is 14.7 Å². The lowest BCUT2D eigenvalue weighted by Gasteiger charge is -2.31. The third-order valence-electron chi connectivity index (χ3n) is 4.46. The molecule has 0 saturated carbocycles. The molecule has 1 atom stereocenters. The molecule has 1 unspecified atom stereocenters. The second-order valence-corrected chi connectivity index (χ2v) is 7.05. The minimum atomic E-state index is -0.642. The molecule has 1 aromatic rings. The number of carbonyl (C=O) groups is 2. The summed E-state index contributed by atoms with van der Waals surface area (Å²) < 4.78 is 0. The Hall–Kier alpha value is -1.53. The Morgan fingerprint density at radius 3 is 2.55 bits per heavy atom. The Labute approximate surface area is 134 Å². The smallest absolute Gasteiger partial charge is 0.244 e. The number of fused-ring (bicyclic) bond motifs is 1. The summed E-state index contributed by atoms with van der Waals surface area (Å²) in [5.41, 5.74) is 1.69. The first-order chi connectivity index (χ1) is 10.5. The first-order valence-electron chi connectivity index (χ1n) is 7.39. The van der Waals surface area contributed by atoms with Crippen LogP contribution in [-0.4, -0.2) is 51.6 Å². The fourth-order valence-corrected chi connectivity index (χ4v) is 4.47. The van der Waals surface area contributed by atoms with Gasteiger partial charge in [-0.2, -0.15) is 0 Å². The second kappa shape index (κ2) is 5.93. The largest absolute Gasteiger partial charge is 0.394 e. The van der Waals surface area contributed by atoms with Crippen LogP contribution in [0.3, 0.4) is 0 Å². The molecule has 22 heavy (non-hydrogen) atoms. The summed E-state index contributed by atoms with van der Waals surface area (Å²) in [6, 6.07) is 7.58. The fourth-order valence-electron chi connectivity index (χ4n) is 3.25. The molecule has 6 heteroatoms. The Morgan fingerprint density at radius 2 is 2.00 bits per heavy atom. The number of nitrogens with zero attached hydrogens (tertiary/aromatic N) is 1. The van der Waals surface area contributed by atoms with Gasteiger partial charge in [0.1, 0.15) is 6.04 Å². The van der Waals surface area contributed by atoms with Gasteiger partial charge in [0, 0.05) is 12.7 Å². The Bertz CT molecular complexity index is 580. The van der Waals surface area contributed by atoms with Crippen LogP contribution in [0.2, 0.25) is 0 Å². The summed E-state index contributed by atoms with van der Waals surface area (Å²) in [5, 5.41) is 12.9. The highest BCUT2D eigenvalue weighted by Gasteiger charge is 2.41. The van der Waals surface area contributed by atoms with Gasteiger partial charge < -0.3 is 15.3 Å². The Balaban J connectivity index is 1.74. The molecule has 2 aliphatic rings. The van der Waals surface area contributed by atoms with Gasteiger partial charge in [-0.15, -0.1) is 11.8 Å². The summed E-state index contributed by atoms with van der Waals surface area (Å²) in [6.07, 6.45) is 1.26. The van der Waals surface area contributed by atoms with Crippen molar-refractivity contribution in [1.29, 1.82) is 0 Å². The van der Waals surface area contributed by atoms with Crippen molar-refractivity contribution in [2.75, 3.05) is 18.2 Å². The number of carbonyl (C=O) groups excluding carboxylic acids is 2. The third-order valence-corrected chi connectivity index (χ3v) is 5.47. The zero-order valence-corrected chi connectivity index (χ0v) is 13.4. The van der Waals surface area contributed by atoms with Gasteiger partial charge in [0.25, 0.3) is 0 Å². The molecule has 0 aromatic heterocycles. The third kappa shape index (κ3) is 2.73. The summed E-state index contributed by atoms with van der Waals surface area (Å²) in [4.78, 5) is 25.8. The van der Waals surface area contributed by atoms with Crippen LogP contribution in [0.1, 0.15) is 18.1 Å².